The van der Waals surface area contributed by atoms with Gasteiger partial charge in [0.1, 0.15) is 0 Å². The molecule has 0 spiro atoms. The standard InChI is InChI=1S/C53H33N7/c1-5-18-35(19-6-1)48-55-49(36-20-7-2-8-21-36)58-52(57-48)40-31-39(47-44-30-29-34-17-13-14-26-42(34)46(44)43-27-15-16-28-45(43)54-47)32-41(33-40)53-59-50(37-22-9-3-10-23-37)56-51(60-53)38-24-11-4-12-25-38/h1-33H. The molecule has 60 heavy (non-hydrogen) atoms. The summed E-state index contributed by atoms with van der Waals surface area (Å²) >= 11 is 0. The van der Waals surface area contributed by atoms with Crippen LogP contribution in [0, 0.1) is 0 Å². The van der Waals surface area contributed by atoms with Crippen molar-refractivity contribution in [1.29, 1.82) is 0 Å². The molecule has 0 aliphatic heterocycles. The lowest BCUT2D eigenvalue weighted by Gasteiger charge is -2.15. The van der Waals surface area contributed by atoms with Crippen LogP contribution in [-0.4, -0.2) is 34.9 Å². The summed E-state index contributed by atoms with van der Waals surface area (Å²) in [5, 5.41) is 5.62. The molecule has 0 unspecified atom stereocenters. The van der Waals surface area contributed by atoms with Crippen molar-refractivity contribution in [1.82, 2.24) is 34.9 Å². The smallest absolute Gasteiger partial charge is 0.164 e. The first kappa shape index (κ1) is 34.9. The van der Waals surface area contributed by atoms with Crippen LogP contribution < -0.4 is 0 Å². The van der Waals surface area contributed by atoms with Crippen molar-refractivity contribution < 1.29 is 0 Å². The normalized spacial score (nSPS) is 11.3. The Kier molecular flexibility index (Phi) is 8.67. The molecular formula is C53H33N7. The number of hydrogen-bond acceptors (Lipinski definition) is 7. The van der Waals surface area contributed by atoms with Gasteiger partial charge < -0.3 is 0 Å². The zero-order valence-electron chi connectivity index (χ0n) is 32.2. The fraction of sp³-hybridized carbons (Fsp3) is 0. The molecule has 0 amide bonds. The zero-order valence-corrected chi connectivity index (χ0v) is 32.2. The van der Waals surface area contributed by atoms with Gasteiger partial charge in [0.25, 0.3) is 0 Å². The highest BCUT2D eigenvalue weighted by molar-refractivity contribution is 6.22. The van der Waals surface area contributed by atoms with Gasteiger partial charge in [-0.15, -0.1) is 0 Å². The average Bonchev–Trinajstić information content (AvgIpc) is 3.34. The monoisotopic (exact) mass is 767 g/mol. The Labute approximate surface area is 345 Å². The van der Waals surface area contributed by atoms with Crippen LogP contribution in [0.25, 0.3) is 112 Å². The number of nitrogens with zero attached hydrogens (tertiary/aromatic N) is 7. The Bertz CT molecular complexity index is 3080. The van der Waals surface area contributed by atoms with Gasteiger partial charge in [-0.25, -0.2) is 34.9 Å². The highest BCUT2D eigenvalue weighted by Gasteiger charge is 2.20. The van der Waals surface area contributed by atoms with Crippen LogP contribution in [-0.2, 0) is 0 Å². The van der Waals surface area contributed by atoms with Crippen molar-refractivity contribution in [3.8, 4) is 79.6 Å². The van der Waals surface area contributed by atoms with Gasteiger partial charge in [-0.05, 0) is 35.0 Å². The number of hydrogen-bond donors (Lipinski definition) is 0. The molecule has 0 aliphatic carbocycles. The minimum Gasteiger partial charge on any atom is -0.247 e. The molecular weight excluding hydrogens is 735 g/mol. The zero-order chi connectivity index (χ0) is 39.8. The van der Waals surface area contributed by atoms with Gasteiger partial charge in [-0.1, -0.05) is 176 Å². The number of fused-ring (bicyclic) bond motifs is 5. The quantitative estimate of drug-likeness (QED) is 0.149. The molecule has 0 aliphatic rings. The molecule has 0 atom stereocenters. The second kappa shape index (κ2) is 14.9. The van der Waals surface area contributed by atoms with Crippen molar-refractivity contribution in [3.05, 3.63) is 200 Å². The van der Waals surface area contributed by atoms with Crippen LogP contribution >= 0.6 is 0 Å². The maximum absolute atomic E-state index is 5.40. The topological polar surface area (TPSA) is 90.2 Å². The SMILES string of the molecule is c1ccc(-c2nc(-c3ccccc3)nc(-c3cc(-c4nc(-c5ccccc5)nc(-c5ccccc5)n4)cc(-c4nc5ccccc5c5c4ccc4ccccc45)c3)n2)cc1. The summed E-state index contributed by atoms with van der Waals surface area (Å²) in [6, 6.07) is 67.7. The van der Waals surface area contributed by atoms with Crippen LogP contribution in [0.1, 0.15) is 0 Å². The lowest BCUT2D eigenvalue weighted by Crippen LogP contribution is -2.02. The number of aromatic nitrogens is 7. The molecule has 7 nitrogen and oxygen atoms in total. The Balaban J connectivity index is 1.22. The molecule has 3 heterocycles. The summed E-state index contributed by atoms with van der Waals surface area (Å²) < 4.78 is 0. The summed E-state index contributed by atoms with van der Waals surface area (Å²) in [5.41, 5.74) is 7.71. The molecule has 0 fully saturated rings. The van der Waals surface area contributed by atoms with E-state index in [2.05, 4.69) is 72.8 Å². The van der Waals surface area contributed by atoms with E-state index in [9.17, 15) is 0 Å². The van der Waals surface area contributed by atoms with Gasteiger partial charge in [-0.2, -0.15) is 0 Å². The Morgan fingerprint density at radius 3 is 1.07 bits per heavy atom. The third kappa shape index (κ3) is 6.50. The molecule has 280 valence electrons. The van der Waals surface area contributed by atoms with Gasteiger partial charge in [0.05, 0.1) is 11.2 Å². The van der Waals surface area contributed by atoms with Gasteiger partial charge in [-0.3, -0.25) is 0 Å². The molecule has 3 aromatic heterocycles. The molecule has 0 bridgehead atoms. The van der Waals surface area contributed by atoms with Crippen molar-refractivity contribution in [3.63, 3.8) is 0 Å². The van der Waals surface area contributed by atoms with E-state index >= 15 is 0 Å². The van der Waals surface area contributed by atoms with Crippen molar-refractivity contribution in [2.75, 3.05) is 0 Å². The van der Waals surface area contributed by atoms with Crippen LogP contribution in [0.5, 0.6) is 0 Å². The Hall–Kier alpha value is -8.29. The summed E-state index contributed by atoms with van der Waals surface area (Å²) in [6.45, 7) is 0. The summed E-state index contributed by atoms with van der Waals surface area (Å²) in [6.07, 6.45) is 0. The van der Waals surface area contributed by atoms with Crippen LogP contribution in [0.3, 0.4) is 0 Å². The highest BCUT2D eigenvalue weighted by Crippen LogP contribution is 2.40. The first-order valence-corrected chi connectivity index (χ1v) is 19.8. The van der Waals surface area contributed by atoms with E-state index in [1.54, 1.807) is 0 Å². The fourth-order valence-corrected chi connectivity index (χ4v) is 7.84. The van der Waals surface area contributed by atoms with E-state index in [4.69, 9.17) is 34.9 Å². The van der Waals surface area contributed by atoms with Crippen LogP contribution in [0.2, 0.25) is 0 Å². The minimum atomic E-state index is 0.516. The van der Waals surface area contributed by atoms with E-state index in [0.29, 0.717) is 34.9 Å². The molecule has 0 N–H and O–H groups in total. The molecule has 8 aromatic carbocycles. The minimum absolute atomic E-state index is 0.516. The number of rotatable bonds is 7. The van der Waals surface area contributed by atoms with Crippen molar-refractivity contribution in [2.45, 2.75) is 0 Å². The van der Waals surface area contributed by atoms with E-state index in [1.807, 2.05) is 127 Å². The van der Waals surface area contributed by atoms with Crippen LogP contribution in [0.15, 0.2) is 200 Å². The summed E-state index contributed by atoms with van der Waals surface area (Å²) in [7, 11) is 0. The van der Waals surface area contributed by atoms with E-state index < -0.39 is 0 Å². The molecule has 0 saturated heterocycles. The summed E-state index contributed by atoms with van der Waals surface area (Å²) in [5.74, 6) is 3.33. The predicted octanol–water partition coefficient (Wildman–Crippen LogP) is 12.6. The number of para-hydroxylation sites is 1. The number of benzene rings is 8. The van der Waals surface area contributed by atoms with E-state index in [1.165, 1.54) is 10.8 Å². The van der Waals surface area contributed by atoms with Crippen LogP contribution in [0.4, 0.5) is 0 Å². The molecule has 0 radical (unpaired) electrons. The molecule has 11 rings (SSSR count). The fourth-order valence-electron chi connectivity index (χ4n) is 7.84. The van der Waals surface area contributed by atoms with Crippen molar-refractivity contribution in [2.24, 2.45) is 0 Å². The highest BCUT2D eigenvalue weighted by atomic mass is 15.0. The van der Waals surface area contributed by atoms with Gasteiger partial charge in [0.2, 0.25) is 0 Å². The first-order valence-electron chi connectivity index (χ1n) is 19.8. The second-order valence-electron chi connectivity index (χ2n) is 14.6. The van der Waals surface area contributed by atoms with Gasteiger partial charge >= 0.3 is 0 Å². The first-order chi connectivity index (χ1) is 29.7. The Morgan fingerprint density at radius 1 is 0.233 bits per heavy atom. The predicted molar refractivity (Wildman–Crippen MR) is 242 cm³/mol. The maximum Gasteiger partial charge on any atom is 0.164 e. The third-order valence-corrected chi connectivity index (χ3v) is 10.7. The summed E-state index contributed by atoms with van der Waals surface area (Å²) in [4.78, 5) is 36.0. The van der Waals surface area contributed by atoms with E-state index in [0.717, 1.165) is 66.3 Å². The van der Waals surface area contributed by atoms with Crippen molar-refractivity contribution >= 4 is 32.4 Å². The maximum atomic E-state index is 5.40. The number of pyridine rings is 1. The molecule has 0 saturated carbocycles. The second-order valence-corrected chi connectivity index (χ2v) is 14.6. The molecule has 7 heteroatoms. The van der Waals surface area contributed by atoms with E-state index in [-0.39, 0.29) is 0 Å². The third-order valence-electron chi connectivity index (χ3n) is 10.7. The Morgan fingerprint density at radius 2 is 0.600 bits per heavy atom. The largest absolute Gasteiger partial charge is 0.247 e. The lowest BCUT2D eigenvalue weighted by atomic mass is 9.93. The van der Waals surface area contributed by atoms with Gasteiger partial charge in [0, 0.05) is 55.1 Å². The average molecular weight is 768 g/mol. The van der Waals surface area contributed by atoms with Gasteiger partial charge in [0.15, 0.2) is 34.9 Å². The lowest BCUT2D eigenvalue weighted by molar-refractivity contribution is 1.07. The molecule has 11 aromatic rings.